The third-order valence-electron chi connectivity index (χ3n) is 3.03. The number of benzene rings is 1. The van der Waals surface area contributed by atoms with Crippen molar-refractivity contribution in [1.82, 2.24) is 19.8 Å². The van der Waals surface area contributed by atoms with Gasteiger partial charge in [-0.25, -0.2) is 9.59 Å². The summed E-state index contributed by atoms with van der Waals surface area (Å²) in [5.41, 5.74) is 0.109. The number of amides is 1. The fourth-order valence-electron chi connectivity index (χ4n) is 1.78. The molecule has 0 bridgehead atoms. The number of carbonyl (C=O) groups excluding carboxylic acids is 1. The summed E-state index contributed by atoms with van der Waals surface area (Å²) >= 11 is 0. The molecule has 0 radical (unpaired) electrons. The van der Waals surface area contributed by atoms with E-state index in [1.54, 1.807) is 19.2 Å². The molecule has 1 unspecified atom stereocenters. The smallest absolute Gasteiger partial charge is 0.371 e. The van der Waals surface area contributed by atoms with Crippen LogP contribution in [0.3, 0.4) is 0 Å². The van der Waals surface area contributed by atoms with Crippen molar-refractivity contribution >= 4 is 11.7 Å². The number of carbonyl (C=O) groups is 1. The van der Waals surface area contributed by atoms with Crippen molar-refractivity contribution < 1.29 is 9.53 Å². The second-order valence-corrected chi connectivity index (χ2v) is 4.49. The van der Waals surface area contributed by atoms with E-state index >= 15 is 0 Å². The van der Waals surface area contributed by atoms with Crippen molar-refractivity contribution in [3.05, 3.63) is 40.8 Å². The van der Waals surface area contributed by atoms with Gasteiger partial charge in [-0.05, 0) is 22.6 Å². The number of para-hydroxylation sites is 1. The highest BCUT2D eigenvalue weighted by Gasteiger charge is 2.26. The Hall–Kier alpha value is -2.48. The van der Waals surface area contributed by atoms with E-state index in [9.17, 15) is 9.59 Å². The number of tetrazole rings is 1. The van der Waals surface area contributed by atoms with E-state index in [4.69, 9.17) is 4.74 Å². The lowest BCUT2D eigenvalue weighted by Crippen LogP contribution is -2.39. The van der Waals surface area contributed by atoms with Gasteiger partial charge in [0.05, 0.1) is 13.2 Å². The van der Waals surface area contributed by atoms with Crippen molar-refractivity contribution in [1.29, 1.82) is 0 Å². The van der Waals surface area contributed by atoms with Crippen molar-refractivity contribution in [2.24, 2.45) is 0 Å². The van der Waals surface area contributed by atoms with Crippen LogP contribution in [0.2, 0.25) is 0 Å². The maximum atomic E-state index is 12.2. The number of nitrogens with zero attached hydrogens (tertiary/aromatic N) is 5. The minimum atomic E-state index is -0.562. The average Bonchev–Trinajstić information content (AvgIpc) is 3.23. The zero-order valence-corrected chi connectivity index (χ0v) is 10.8. The molecule has 1 aromatic heterocycles. The van der Waals surface area contributed by atoms with Gasteiger partial charge in [0.15, 0.2) is 0 Å². The molecule has 104 valence electrons. The predicted octanol–water partition coefficient (Wildman–Crippen LogP) is -0.0569. The molecular formula is C12H13N5O3. The van der Waals surface area contributed by atoms with E-state index in [1.807, 2.05) is 18.2 Å². The summed E-state index contributed by atoms with van der Waals surface area (Å²) in [7, 11) is 1.58. The number of aromatic nitrogens is 4. The van der Waals surface area contributed by atoms with Gasteiger partial charge in [0.2, 0.25) is 0 Å². The van der Waals surface area contributed by atoms with Gasteiger partial charge in [0.1, 0.15) is 6.10 Å². The van der Waals surface area contributed by atoms with Gasteiger partial charge in [0, 0.05) is 12.7 Å². The highest BCUT2D eigenvalue weighted by molar-refractivity contribution is 5.92. The molecule has 8 heteroatoms. The summed E-state index contributed by atoms with van der Waals surface area (Å²) in [5.74, 6) is 0. The molecule has 1 aliphatic rings. The summed E-state index contributed by atoms with van der Waals surface area (Å²) in [4.78, 5) is 25.6. The van der Waals surface area contributed by atoms with Crippen molar-refractivity contribution in [2.75, 3.05) is 18.6 Å². The van der Waals surface area contributed by atoms with Gasteiger partial charge >= 0.3 is 11.7 Å². The second kappa shape index (κ2) is 4.89. The number of rotatable bonds is 3. The lowest BCUT2D eigenvalue weighted by atomic mass is 10.3. The van der Waals surface area contributed by atoms with Crippen LogP contribution in [-0.4, -0.2) is 45.6 Å². The van der Waals surface area contributed by atoms with Crippen molar-refractivity contribution in [3.8, 4) is 0 Å². The van der Waals surface area contributed by atoms with Gasteiger partial charge in [-0.1, -0.05) is 18.2 Å². The molecule has 1 saturated heterocycles. The number of hydrogen-bond donors (Lipinski definition) is 0. The summed E-state index contributed by atoms with van der Waals surface area (Å²) < 4.78 is 6.90. The summed E-state index contributed by atoms with van der Waals surface area (Å²) in [5, 5.41) is 7.30. The molecule has 0 aliphatic carbocycles. The van der Waals surface area contributed by atoms with Crippen LogP contribution in [0.1, 0.15) is 0 Å². The maximum Gasteiger partial charge on any atom is 0.372 e. The Morgan fingerprint density at radius 1 is 1.40 bits per heavy atom. The number of hydrogen-bond acceptors (Lipinski definition) is 5. The average molecular weight is 275 g/mol. The van der Waals surface area contributed by atoms with Crippen LogP contribution in [0.25, 0.3) is 0 Å². The lowest BCUT2D eigenvalue weighted by molar-refractivity contribution is 0.245. The highest BCUT2D eigenvalue weighted by atomic mass is 16.6. The van der Waals surface area contributed by atoms with Crippen LogP contribution in [0, 0.1) is 0 Å². The van der Waals surface area contributed by atoms with Crippen LogP contribution in [-0.2, 0) is 11.3 Å². The van der Waals surface area contributed by atoms with Gasteiger partial charge in [-0.2, -0.15) is 4.68 Å². The van der Waals surface area contributed by atoms with Gasteiger partial charge in [0.25, 0.3) is 0 Å². The van der Waals surface area contributed by atoms with Gasteiger partial charge < -0.3 is 4.74 Å². The quantitative estimate of drug-likeness (QED) is 0.579. The Morgan fingerprint density at radius 2 is 2.10 bits per heavy atom. The largest absolute Gasteiger partial charge is 0.372 e. The first-order valence-electron chi connectivity index (χ1n) is 6.14. The minimum absolute atomic E-state index is 0.000181. The van der Waals surface area contributed by atoms with Gasteiger partial charge in [-0.3, -0.25) is 4.90 Å². The van der Waals surface area contributed by atoms with Crippen LogP contribution in [0.15, 0.2) is 35.1 Å². The molecule has 20 heavy (non-hydrogen) atoms. The van der Waals surface area contributed by atoms with E-state index in [1.165, 1.54) is 4.90 Å². The molecule has 8 nitrogen and oxygen atoms in total. The summed E-state index contributed by atoms with van der Waals surface area (Å²) in [6.45, 7) is 0.929. The zero-order valence-electron chi connectivity index (χ0n) is 10.8. The Kier molecular flexibility index (Phi) is 3.07. The first kappa shape index (κ1) is 12.5. The molecule has 1 amide bonds. The maximum absolute atomic E-state index is 12.2. The molecule has 1 aromatic carbocycles. The Balaban J connectivity index is 1.83. The Labute approximate surface area is 114 Å². The second-order valence-electron chi connectivity index (χ2n) is 4.49. The molecule has 2 heterocycles. The Morgan fingerprint density at radius 3 is 2.75 bits per heavy atom. The van der Waals surface area contributed by atoms with Crippen LogP contribution >= 0.6 is 0 Å². The molecule has 3 rings (SSSR count). The molecule has 0 saturated carbocycles. The van der Waals surface area contributed by atoms with E-state index in [2.05, 4.69) is 10.4 Å². The van der Waals surface area contributed by atoms with Crippen molar-refractivity contribution in [2.45, 2.75) is 12.6 Å². The normalized spacial score (nSPS) is 16.9. The molecular weight excluding hydrogens is 262 g/mol. The summed E-state index contributed by atoms with van der Waals surface area (Å²) in [6.07, 6.45) is -0.000181. The molecule has 0 N–H and O–H groups in total. The summed E-state index contributed by atoms with van der Waals surface area (Å²) in [6, 6.07) is 8.45. The van der Waals surface area contributed by atoms with Crippen LogP contribution < -0.4 is 10.6 Å². The minimum Gasteiger partial charge on any atom is -0.371 e. The van der Waals surface area contributed by atoms with E-state index in [-0.39, 0.29) is 6.10 Å². The van der Waals surface area contributed by atoms with E-state index in [0.717, 1.165) is 9.36 Å². The first-order chi connectivity index (χ1) is 9.66. The number of epoxide rings is 1. The van der Waals surface area contributed by atoms with Crippen LogP contribution in [0.5, 0.6) is 0 Å². The van der Waals surface area contributed by atoms with Gasteiger partial charge in [-0.15, -0.1) is 4.68 Å². The standard InChI is InChI=1S/C12H13N5O3/c1-15(9-5-3-2-4-6-9)11(18)17-12(19)16(13-14-17)7-10-8-20-10/h2-6,10H,7-8H2,1H3. The van der Waals surface area contributed by atoms with E-state index in [0.29, 0.717) is 18.8 Å². The number of ether oxygens (including phenoxy) is 1. The topological polar surface area (TPSA) is 85.6 Å². The predicted molar refractivity (Wildman–Crippen MR) is 69.7 cm³/mol. The lowest BCUT2D eigenvalue weighted by Gasteiger charge is -2.15. The molecule has 2 aromatic rings. The first-order valence-corrected chi connectivity index (χ1v) is 6.14. The molecule has 1 fully saturated rings. The monoisotopic (exact) mass is 275 g/mol. The third kappa shape index (κ3) is 2.32. The molecule has 0 spiro atoms. The SMILES string of the molecule is CN(C(=O)n1nnn(CC2CO2)c1=O)c1ccccc1. The fourth-order valence-corrected chi connectivity index (χ4v) is 1.78. The number of anilines is 1. The third-order valence-corrected chi connectivity index (χ3v) is 3.03. The highest BCUT2D eigenvalue weighted by Crippen LogP contribution is 2.12. The molecule has 1 atom stereocenters. The van der Waals surface area contributed by atoms with E-state index < -0.39 is 11.7 Å². The van der Waals surface area contributed by atoms with Crippen LogP contribution in [0.4, 0.5) is 10.5 Å². The Bertz CT molecular complexity index is 674. The fraction of sp³-hybridized carbons (Fsp3) is 0.333. The zero-order chi connectivity index (χ0) is 14.1. The molecule has 1 aliphatic heterocycles. The van der Waals surface area contributed by atoms with Crippen molar-refractivity contribution in [3.63, 3.8) is 0 Å².